The highest BCUT2D eigenvalue weighted by Gasteiger charge is 2.33. The zero-order valence-electron chi connectivity index (χ0n) is 18.1. The third-order valence-corrected chi connectivity index (χ3v) is 5.96. The maximum atomic E-state index is 13.5. The number of fused-ring (bicyclic) bond motifs is 3. The Balaban J connectivity index is 1.53. The number of aryl methyl sites for hydroxylation is 1. The van der Waals surface area contributed by atoms with E-state index in [-0.39, 0.29) is 24.9 Å². The summed E-state index contributed by atoms with van der Waals surface area (Å²) in [7, 11) is 0. The van der Waals surface area contributed by atoms with Gasteiger partial charge < -0.3 is 14.4 Å². The molecule has 0 saturated carbocycles. The molecule has 1 atom stereocenters. The summed E-state index contributed by atoms with van der Waals surface area (Å²) in [6.07, 6.45) is -3.12. The predicted molar refractivity (Wildman–Crippen MR) is 116 cm³/mol. The summed E-state index contributed by atoms with van der Waals surface area (Å²) in [5.74, 6) is -0.120. The average Bonchev–Trinajstić information content (AvgIpc) is 3.25. The lowest BCUT2D eigenvalue weighted by Gasteiger charge is -2.16. The summed E-state index contributed by atoms with van der Waals surface area (Å²) in [6.45, 7) is 4.61. The monoisotopic (exact) mass is 445 g/mol. The van der Waals surface area contributed by atoms with E-state index in [0.717, 1.165) is 29.6 Å². The van der Waals surface area contributed by atoms with Gasteiger partial charge in [0.15, 0.2) is 0 Å². The van der Waals surface area contributed by atoms with E-state index >= 15 is 0 Å². The number of carbonyl (C=O) groups is 1. The summed E-state index contributed by atoms with van der Waals surface area (Å²) in [4.78, 5) is 11.1. The second-order valence-corrected chi connectivity index (χ2v) is 8.90. The van der Waals surface area contributed by atoms with Crippen LogP contribution in [-0.4, -0.2) is 15.6 Å². The second-order valence-electron chi connectivity index (χ2n) is 8.90. The van der Waals surface area contributed by atoms with Crippen molar-refractivity contribution in [3.05, 3.63) is 64.8 Å². The molecular formula is C25H26F3NO3. The fourth-order valence-electron chi connectivity index (χ4n) is 4.56. The standard InChI is InChI=1S/C25H26F3NO3/c1-15(2)9-17-4-3-16(10-21(17)25(26,27)28)14-32-20-5-6-22-19(11-20)12-23-18(13-24(30)31)7-8-29(22)23/h3-6,10-12,15,18H,7-9,13-14H2,1-2H3,(H,30,31)/t18-/m1/s1. The molecule has 2 aromatic carbocycles. The van der Waals surface area contributed by atoms with Crippen LogP contribution in [0.5, 0.6) is 5.75 Å². The smallest absolute Gasteiger partial charge is 0.416 e. The van der Waals surface area contributed by atoms with Crippen molar-refractivity contribution < 1.29 is 27.8 Å². The van der Waals surface area contributed by atoms with Gasteiger partial charge in [0.2, 0.25) is 0 Å². The molecule has 2 heterocycles. The van der Waals surface area contributed by atoms with Crippen molar-refractivity contribution in [2.75, 3.05) is 0 Å². The van der Waals surface area contributed by atoms with E-state index in [1.165, 1.54) is 6.07 Å². The van der Waals surface area contributed by atoms with Crippen LogP contribution in [0.15, 0.2) is 42.5 Å². The Hall–Kier alpha value is -2.96. The number of hydrogen-bond donors (Lipinski definition) is 1. The number of ether oxygens (including phenoxy) is 1. The summed E-state index contributed by atoms with van der Waals surface area (Å²) in [6, 6.07) is 12.0. The number of rotatable bonds is 7. The number of carboxylic acids is 1. The average molecular weight is 445 g/mol. The number of benzene rings is 2. The molecule has 0 saturated heterocycles. The Morgan fingerprint density at radius 1 is 1.19 bits per heavy atom. The van der Waals surface area contributed by atoms with E-state index in [1.807, 2.05) is 32.0 Å². The highest BCUT2D eigenvalue weighted by molar-refractivity contribution is 5.83. The van der Waals surface area contributed by atoms with Crippen LogP contribution in [-0.2, 0) is 30.5 Å². The van der Waals surface area contributed by atoms with Gasteiger partial charge in [-0.3, -0.25) is 4.79 Å². The lowest BCUT2D eigenvalue weighted by molar-refractivity contribution is -0.138. The van der Waals surface area contributed by atoms with Crippen LogP contribution >= 0.6 is 0 Å². The number of hydrogen-bond acceptors (Lipinski definition) is 2. The maximum Gasteiger partial charge on any atom is 0.416 e. The largest absolute Gasteiger partial charge is 0.489 e. The third-order valence-electron chi connectivity index (χ3n) is 5.96. The van der Waals surface area contributed by atoms with Crippen LogP contribution in [0, 0.1) is 5.92 Å². The molecule has 7 heteroatoms. The number of carboxylic acid groups (broad SMARTS) is 1. The van der Waals surface area contributed by atoms with Crippen molar-refractivity contribution in [2.24, 2.45) is 5.92 Å². The third kappa shape index (κ3) is 4.61. The number of aromatic nitrogens is 1. The molecule has 1 N–H and O–H groups in total. The normalized spacial score (nSPS) is 16.0. The topological polar surface area (TPSA) is 51.5 Å². The van der Waals surface area contributed by atoms with Gasteiger partial charge in [-0.25, -0.2) is 0 Å². The molecule has 4 nitrogen and oxygen atoms in total. The predicted octanol–water partition coefficient (Wildman–Crippen LogP) is 6.40. The highest BCUT2D eigenvalue weighted by Crippen LogP contribution is 2.38. The van der Waals surface area contributed by atoms with Gasteiger partial charge in [-0.15, -0.1) is 0 Å². The van der Waals surface area contributed by atoms with E-state index in [9.17, 15) is 18.0 Å². The first-order valence-corrected chi connectivity index (χ1v) is 10.8. The minimum absolute atomic E-state index is 0.00517. The lowest BCUT2D eigenvalue weighted by Crippen LogP contribution is -2.12. The van der Waals surface area contributed by atoms with E-state index in [4.69, 9.17) is 9.84 Å². The van der Waals surface area contributed by atoms with E-state index in [1.54, 1.807) is 18.2 Å². The molecule has 0 bridgehead atoms. The second kappa shape index (κ2) is 8.52. The molecular weight excluding hydrogens is 419 g/mol. The molecule has 0 aliphatic carbocycles. The number of aliphatic carboxylic acids is 1. The molecule has 1 aliphatic heterocycles. The minimum Gasteiger partial charge on any atom is -0.489 e. The van der Waals surface area contributed by atoms with Gasteiger partial charge in [-0.2, -0.15) is 13.2 Å². The lowest BCUT2D eigenvalue weighted by atomic mass is 9.96. The summed E-state index contributed by atoms with van der Waals surface area (Å²) in [5.41, 5.74) is 2.19. The maximum absolute atomic E-state index is 13.5. The fraction of sp³-hybridized carbons (Fsp3) is 0.400. The Labute approximate surface area is 184 Å². The number of alkyl halides is 3. The van der Waals surface area contributed by atoms with Crippen molar-refractivity contribution in [2.45, 2.75) is 58.4 Å². The van der Waals surface area contributed by atoms with Crippen LogP contribution in [0.4, 0.5) is 13.2 Å². The Morgan fingerprint density at radius 2 is 1.97 bits per heavy atom. The molecule has 0 radical (unpaired) electrons. The molecule has 0 spiro atoms. The van der Waals surface area contributed by atoms with Crippen molar-refractivity contribution in [1.29, 1.82) is 0 Å². The molecule has 32 heavy (non-hydrogen) atoms. The van der Waals surface area contributed by atoms with Crippen LogP contribution in [0.1, 0.15) is 55.0 Å². The van der Waals surface area contributed by atoms with Gasteiger partial charge in [0.25, 0.3) is 0 Å². The first kappa shape index (κ1) is 22.2. The van der Waals surface area contributed by atoms with Gasteiger partial charge in [0.05, 0.1) is 12.0 Å². The molecule has 0 amide bonds. The molecule has 0 unspecified atom stereocenters. The van der Waals surface area contributed by atoms with Crippen molar-refractivity contribution >= 4 is 16.9 Å². The molecule has 170 valence electrons. The van der Waals surface area contributed by atoms with Gasteiger partial charge in [-0.1, -0.05) is 26.0 Å². The first-order chi connectivity index (χ1) is 15.1. The molecule has 4 rings (SSSR count). The van der Waals surface area contributed by atoms with Crippen LogP contribution in [0.3, 0.4) is 0 Å². The molecule has 1 aliphatic rings. The fourth-order valence-corrected chi connectivity index (χ4v) is 4.56. The summed E-state index contributed by atoms with van der Waals surface area (Å²) < 4.78 is 48.5. The van der Waals surface area contributed by atoms with E-state index in [0.29, 0.717) is 23.3 Å². The van der Waals surface area contributed by atoms with E-state index < -0.39 is 17.7 Å². The summed E-state index contributed by atoms with van der Waals surface area (Å²) in [5, 5.41) is 10.1. The Morgan fingerprint density at radius 3 is 2.66 bits per heavy atom. The van der Waals surface area contributed by atoms with Gasteiger partial charge in [-0.05, 0) is 60.2 Å². The van der Waals surface area contributed by atoms with Gasteiger partial charge in [0, 0.05) is 29.1 Å². The highest BCUT2D eigenvalue weighted by atomic mass is 19.4. The quantitative estimate of drug-likeness (QED) is 0.458. The number of halogens is 3. The van der Waals surface area contributed by atoms with Gasteiger partial charge in [0.1, 0.15) is 12.4 Å². The van der Waals surface area contributed by atoms with Crippen LogP contribution in [0.25, 0.3) is 10.9 Å². The molecule has 0 fully saturated rings. The van der Waals surface area contributed by atoms with Crippen molar-refractivity contribution in [3.63, 3.8) is 0 Å². The zero-order chi connectivity index (χ0) is 23.0. The van der Waals surface area contributed by atoms with E-state index in [2.05, 4.69) is 4.57 Å². The van der Waals surface area contributed by atoms with Crippen LogP contribution in [0.2, 0.25) is 0 Å². The zero-order valence-corrected chi connectivity index (χ0v) is 18.1. The summed E-state index contributed by atoms with van der Waals surface area (Å²) >= 11 is 0. The Kier molecular flexibility index (Phi) is 5.93. The molecule has 1 aromatic heterocycles. The van der Waals surface area contributed by atoms with Crippen molar-refractivity contribution in [1.82, 2.24) is 4.57 Å². The Bertz CT molecular complexity index is 1150. The molecule has 3 aromatic rings. The van der Waals surface area contributed by atoms with Gasteiger partial charge >= 0.3 is 12.1 Å². The first-order valence-electron chi connectivity index (χ1n) is 10.8. The minimum atomic E-state index is -4.40. The van der Waals surface area contributed by atoms with Crippen molar-refractivity contribution in [3.8, 4) is 5.75 Å². The SMILES string of the molecule is CC(C)Cc1ccc(COc2ccc3c(c2)cc2n3CC[C@@H]2CC(=O)O)cc1C(F)(F)F. The van der Waals surface area contributed by atoms with Crippen LogP contribution < -0.4 is 4.74 Å². The number of nitrogens with zero attached hydrogens (tertiary/aromatic N) is 1.